The number of thiazole rings is 1. The molecule has 0 bridgehead atoms. The van der Waals surface area contributed by atoms with Crippen molar-refractivity contribution in [1.82, 2.24) is 25.2 Å². The van der Waals surface area contributed by atoms with Crippen LogP contribution in [0.15, 0.2) is 22.6 Å². The summed E-state index contributed by atoms with van der Waals surface area (Å²) in [7, 11) is 1.90. The second-order valence-corrected chi connectivity index (χ2v) is 6.70. The van der Waals surface area contributed by atoms with Gasteiger partial charge in [-0.2, -0.15) is 13.2 Å². The van der Waals surface area contributed by atoms with E-state index in [0.29, 0.717) is 32.1 Å². The average molecular weight is 401 g/mol. The second kappa shape index (κ2) is 9.49. The predicted molar refractivity (Wildman–Crippen MR) is 99.8 cm³/mol. The number of hydrogen-bond acceptors (Lipinski definition) is 6. The Morgan fingerprint density at radius 3 is 2.74 bits per heavy atom. The minimum Gasteiger partial charge on any atom is -0.357 e. The molecule has 0 atom stereocenters. The Morgan fingerprint density at radius 2 is 2.11 bits per heavy atom. The molecule has 0 radical (unpaired) electrons. The first-order valence-corrected chi connectivity index (χ1v) is 9.22. The van der Waals surface area contributed by atoms with Crippen molar-refractivity contribution >= 4 is 23.2 Å². The van der Waals surface area contributed by atoms with E-state index in [9.17, 15) is 13.2 Å². The number of nitrogens with one attached hydrogen (secondary N) is 2. The lowest BCUT2D eigenvalue weighted by molar-refractivity contribution is -0.141. The van der Waals surface area contributed by atoms with E-state index in [1.54, 1.807) is 11.3 Å². The molecule has 0 spiro atoms. The first-order chi connectivity index (χ1) is 12.8. The van der Waals surface area contributed by atoms with E-state index in [2.05, 4.69) is 30.6 Å². The quantitative estimate of drug-likeness (QED) is 0.422. The van der Waals surface area contributed by atoms with Crippen molar-refractivity contribution in [2.45, 2.75) is 26.6 Å². The standard InChI is InChI=1S/C16H22F3N7S/c1-4-20-15(26(3)9-12-10-27-11(2)24-12)23-8-7-22-14-21-6-5-13(25-14)16(17,18)19/h5-6,10H,4,7-9H2,1-3H3,(H,20,23)(H,21,22,25). The number of nitrogens with zero attached hydrogens (tertiary/aromatic N) is 5. The van der Waals surface area contributed by atoms with Crippen LogP contribution in [0.3, 0.4) is 0 Å². The molecule has 0 aliphatic carbocycles. The van der Waals surface area contributed by atoms with Crippen LogP contribution in [0.2, 0.25) is 0 Å². The second-order valence-electron chi connectivity index (χ2n) is 5.64. The minimum absolute atomic E-state index is 0.0728. The lowest BCUT2D eigenvalue weighted by Crippen LogP contribution is -2.38. The molecule has 2 N–H and O–H groups in total. The molecular formula is C16H22F3N7S. The van der Waals surface area contributed by atoms with Gasteiger partial charge in [-0.1, -0.05) is 0 Å². The summed E-state index contributed by atoms with van der Waals surface area (Å²) in [6, 6.07) is 0.835. The third kappa shape index (κ3) is 6.66. The highest BCUT2D eigenvalue weighted by molar-refractivity contribution is 7.09. The number of aliphatic imine (C=N–C) groups is 1. The molecule has 11 heteroatoms. The van der Waals surface area contributed by atoms with Crippen LogP contribution in [0.1, 0.15) is 23.3 Å². The number of anilines is 1. The summed E-state index contributed by atoms with van der Waals surface area (Å²) in [5.74, 6) is 0.617. The van der Waals surface area contributed by atoms with Gasteiger partial charge in [0.25, 0.3) is 0 Å². The molecule has 27 heavy (non-hydrogen) atoms. The number of aromatic nitrogens is 3. The summed E-state index contributed by atoms with van der Waals surface area (Å²) in [6.45, 7) is 5.88. The third-order valence-corrected chi connectivity index (χ3v) is 4.19. The van der Waals surface area contributed by atoms with Gasteiger partial charge in [0.1, 0.15) is 5.69 Å². The molecule has 2 rings (SSSR count). The molecular weight excluding hydrogens is 379 g/mol. The van der Waals surface area contributed by atoms with Gasteiger partial charge in [0.15, 0.2) is 5.96 Å². The number of halogens is 3. The molecule has 0 aliphatic rings. The minimum atomic E-state index is -4.49. The van der Waals surface area contributed by atoms with Gasteiger partial charge in [-0.15, -0.1) is 11.3 Å². The molecule has 0 saturated carbocycles. The van der Waals surface area contributed by atoms with Crippen LogP contribution < -0.4 is 10.6 Å². The van der Waals surface area contributed by atoms with Crippen LogP contribution in [-0.2, 0) is 12.7 Å². The fourth-order valence-electron chi connectivity index (χ4n) is 2.20. The highest BCUT2D eigenvalue weighted by atomic mass is 32.1. The number of hydrogen-bond donors (Lipinski definition) is 2. The Bertz CT molecular complexity index is 760. The monoisotopic (exact) mass is 401 g/mol. The summed E-state index contributed by atoms with van der Waals surface area (Å²) in [4.78, 5) is 18.1. The molecule has 0 saturated heterocycles. The topological polar surface area (TPSA) is 78.3 Å². The fraction of sp³-hybridized carbons (Fsp3) is 0.500. The molecule has 2 aromatic heterocycles. The van der Waals surface area contributed by atoms with Gasteiger partial charge < -0.3 is 15.5 Å². The van der Waals surface area contributed by atoms with E-state index >= 15 is 0 Å². The van der Waals surface area contributed by atoms with Gasteiger partial charge in [-0.3, -0.25) is 4.99 Å². The van der Waals surface area contributed by atoms with Gasteiger partial charge in [-0.05, 0) is 19.9 Å². The van der Waals surface area contributed by atoms with E-state index in [-0.39, 0.29) is 5.95 Å². The van der Waals surface area contributed by atoms with E-state index < -0.39 is 11.9 Å². The van der Waals surface area contributed by atoms with Crippen LogP contribution in [0.4, 0.5) is 19.1 Å². The predicted octanol–water partition coefficient (Wildman–Crippen LogP) is 2.77. The molecule has 0 aliphatic heterocycles. The molecule has 0 fully saturated rings. The van der Waals surface area contributed by atoms with Crippen molar-refractivity contribution in [3.8, 4) is 0 Å². The molecule has 2 heterocycles. The van der Waals surface area contributed by atoms with E-state index in [1.165, 1.54) is 0 Å². The van der Waals surface area contributed by atoms with E-state index in [0.717, 1.165) is 23.0 Å². The molecule has 0 unspecified atom stereocenters. The summed E-state index contributed by atoms with van der Waals surface area (Å²) < 4.78 is 38.0. The molecule has 2 aromatic rings. The van der Waals surface area contributed by atoms with Gasteiger partial charge in [0.05, 0.1) is 23.8 Å². The maximum absolute atomic E-state index is 12.7. The van der Waals surface area contributed by atoms with E-state index in [4.69, 9.17) is 0 Å². The van der Waals surface area contributed by atoms with Gasteiger partial charge in [0.2, 0.25) is 5.95 Å². The summed E-state index contributed by atoms with van der Waals surface area (Å²) in [6.07, 6.45) is -3.42. The molecule has 0 amide bonds. The van der Waals surface area contributed by atoms with Crippen LogP contribution in [0, 0.1) is 6.92 Å². The Kier molecular flexibility index (Phi) is 7.34. The Hall–Kier alpha value is -2.43. The summed E-state index contributed by atoms with van der Waals surface area (Å²) in [5.41, 5.74) is -0.0174. The Balaban J connectivity index is 1.91. The van der Waals surface area contributed by atoms with Crippen LogP contribution in [0.25, 0.3) is 0 Å². The maximum Gasteiger partial charge on any atom is 0.433 e. The number of aryl methyl sites for hydroxylation is 1. The lowest BCUT2D eigenvalue weighted by Gasteiger charge is -2.21. The fourth-order valence-corrected chi connectivity index (χ4v) is 2.80. The Morgan fingerprint density at radius 1 is 1.33 bits per heavy atom. The van der Waals surface area contributed by atoms with Crippen LogP contribution in [-0.4, -0.2) is 52.5 Å². The molecule has 7 nitrogen and oxygen atoms in total. The average Bonchev–Trinajstić information content (AvgIpc) is 3.02. The molecule has 148 valence electrons. The number of alkyl halides is 3. The smallest absolute Gasteiger partial charge is 0.357 e. The van der Waals surface area contributed by atoms with Gasteiger partial charge >= 0.3 is 6.18 Å². The largest absolute Gasteiger partial charge is 0.433 e. The first-order valence-electron chi connectivity index (χ1n) is 8.34. The van der Waals surface area contributed by atoms with Crippen molar-refractivity contribution in [3.63, 3.8) is 0 Å². The zero-order chi connectivity index (χ0) is 19.9. The van der Waals surface area contributed by atoms with Crippen molar-refractivity contribution < 1.29 is 13.2 Å². The lowest BCUT2D eigenvalue weighted by atomic mass is 10.4. The highest BCUT2D eigenvalue weighted by Gasteiger charge is 2.32. The zero-order valence-electron chi connectivity index (χ0n) is 15.3. The number of rotatable bonds is 7. The summed E-state index contributed by atoms with van der Waals surface area (Å²) >= 11 is 1.59. The van der Waals surface area contributed by atoms with Gasteiger partial charge in [0, 0.05) is 31.7 Å². The number of guanidine groups is 1. The van der Waals surface area contributed by atoms with E-state index in [1.807, 2.05) is 31.2 Å². The van der Waals surface area contributed by atoms with Crippen LogP contribution >= 0.6 is 11.3 Å². The van der Waals surface area contributed by atoms with Crippen molar-refractivity contribution in [2.24, 2.45) is 4.99 Å². The van der Waals surface area contributed by atoms with Crippen LogP contribution in [0.5, 0.6) is 0 Å². The Labute approximate surface area is 159 Å². The third-order valence-electron chi connectivity index (χ3n) is 3.36. The molecule has 0 aromatic carbocycles. The normalized spacial score (nSPS) is 12.1. The van der Waals surface area contributed by atoms with Crippen molar-refractivity contribution in [2.75, 3.05) is 32.0 Å². The van der Waals surface area contributed by atoms with Gasteiger partial charge in [-0.25, -0.2) is 15.0 Å². The SMILES string of the molecule is CCNC(=NCCNc1nccc(C(F)(F)F)n1)N(C)Cc1csc(C)n1. The maximum atomic E-state index is 12.7. The summed E-state index contributed by atoms with van der Waals surface area (Å²) in [5, 5.41) is 8.95. The first kappa shape index (κ1) is 20.9. The van der Waals surface area contributed by atoms with Crippen molar-refractivity contribution in [1.29, 1.82) is 0 Å². The zero-order valence-corrected chi connectivity index (χ0v) is 16.2. The highest BCUT2D eigenvalue weighted by Crippen LogP contribution is 2.27. The van der Waals surface area contributed by atoms with Crippen molar-refractivity contribution in [3.05, 3.63) is 34.0 Å².